The number of hydrogen-bond donors (Lipinski definition) is 1. The molecule has 0 radical (unpaired) electrons. The number of aromatic nitrogens is 2. The summed E-state index contributed by atoms with van der Waals surface area (Å²) >= 11 is 0. The summed E-state index contributed by atoms with van der Waals surface area (Å²) in [5, 5.41) is 3.66. The number of imidazole rings is 1. The normalized spacial score (nSPS) is 24.8. The Morgan fingerprint density at radius 2 is 2.17 bits per heavy atom. The van der Waals surface area contributed by atoms with Crippen molar-refractivity contribution in [3.8, 4) is 0 Å². The predicted molar refractivity (Wildman–Crippen MR) is 72.4 cm³/mol. The summed E-state index contributed by atoms with van der Waals surface area (Å²) in [6, 6.07) is 0.861. The second-order valence-electron chi connectivity index (χ2n) is 5.79. The standard InChI is InChI=1S/C14H24N4/c1(7-18-9-5-15-12-18)6-17-8-4-13(11-17)10-16-14-2-3-14/h5,9,12-14,16H,1-4,6-8,10-11H2. The van der Waals surface area contributed by atoms with Gasteiger partial charge in [0.05, 0.1) is 6.33 Å². The molecule has 3 rings (SSSR count). The lowest BCUT2D eigenvalue weighted by Crippen LogP contribution is -2.28. The van der Waals surface area contributed by atoms with Gasteiger partial charge in [0, 0.05) is 31.5 Å². The van der Waals surface area contributed by atoms with E-state index in [0.29, 0.717) is 0 Å². The summed E-state index contributed by atoms with van der Waals surface area (Å²) in [5.41, 5.74) is 0. The van der Waals surface area contributed by atoms with E-state index in [2.05, 4.69) is 19.8 Å². The van der Waals surface area contributed by atoms with Crippen LogP contribution in [0.15, 0.2) is 18.7 Å². The number of likely N-dealkylation sites (tertiary alicyclic amines) is 1. The van der Waals surface area contributed by atoms with Crippen molar-refractivity contribution in [3.05, 3.63) is 18.7 Å². The highest BCUT2D eigenvalue weighted by molar-refractivity contribution is 4.84. The van der Waals surface area contributed by atoms with Crippen LogP contribution in [0.5, 0.6) is 0 Å². The van der Waals surface area contributed by atoms with Crippen LogP contribution in [0.25, 0.3) is 0 Å². The maximum atomic E-state index is 4.07. The van der Waals surface area contributed by atoms with Gasteiger partial charge in [0.25, 0.3) is 0 Å². The number of nitrogens with one attached hydrogen (secondary N) is 1. The fourth-order valence-electron chi connectivity index (χ4n) is 2.80. The molecule has 1 saturated heterocycles. The quantitative estimate of drug-likeness (QED) is 0.790. The Balaban J connectivity index is 1.29. The topological polar surface area (TPSA) is 33.1 Å². The lowest BCUT2D eigenvalue weighted by Gasteiger charge is -2.16. The Morgan fingerprint density at radius 3 is 2.94 bits per heavy atom. The number of hydrogen-bond acceptors (Lipinski definition) is 3. The molecule has 1 unspecified atom stereocenters. The van der Waals surface area contributed by atoms with E-state index in [9.17, 15) is 0 Å². The van der Waals surface area contributed by atoms with Crippen LogP contribution >= 0.6 is 0 Å². The summed E-state index contributed by atoms with van der Waals surface area (Å²) in [4.78, 5) is 6.69. The van der Waals surface area contributed by atoms with Crippen LogP contribution in [0.4, 0.5) is 0 Å². The molecule has 1 aliphatic heterocycles. The molecule has 1 N–H and O–H groups in total. The van der Waals surface area contributed by atoms with E-state index in [1.54, 1.807) is 0 Å². The van der Waals surface area contributed by atoms with Gasteiger partial charge in [-0.25, -0.2) is 4.98 Å². The number of rotatable bonds is 7. The third-order valence-electron chi connectivity index (χ3n) is 4.09. The van der Waals surface area contributed by atoms with Gasteiger partial charge in [0.15, 0.2) is 0 Å². The summed E-state index contributed by atoms with van der Waals surface area (Å²) < 4.78 is 2.17. The predicted octanol–water partition coefficient (Wildman–Crippen LogP) is 1.35. The Bertz CT molecular complexity index is 345. The van der Waals surface area contributed by atoms with Crippen LogP contribution in [0.3, 0.4) is 0 Å². The second-order valence-corrected chi connectivity index (χ2v) is 5.79. The lowest BCUT2D eigenvalue weighted by atomic mass is 10.1. The zero-order valence-corrected chi connectivity index (χ0v) is 11.1. The fraction of sp³-hybridized carbons (Fsp3) is 0.786. The van der Waals surface area contributed by atoms with Crippen molar-refractivity contribution in [3.63, 3.8) is 0 Å². The van der Waals surface area contributed by atoms with Gasteiger partial charge >= 0.3 is 0 Å². The summed E-state index contributed by atoms with van der Waals surface area (Å²) in [5.74, 6) is 0.888. The first-order chi connectivity index (χ1) is 8.90. The maximum absolute atomic E-state index is 4.07. The molecular formula is C14H24N4. The van der Waals surface area contributed by atoms with Crippen molar-refractivity contribution in [2.24, 2.45) is 5.92 Å². The molecule has 4 heteroatoms. The van der Waals surface area contributed by atoms with E-state index in [1.165, 1.54) is 51.9 Å². The van der Waals surface area contributed by atoms with Crippen molar-refractivity contribution in [2.45, 2.75) is 38.3 Å². The highest BCUT2D eigenvalue weighted by atomic mass is 15.2. The van der Waals surface area contributed by atoms with Gasteiger partial charge in [-0.05, 0) is 51.2 Å². The molecule has 0 aromatic carbocycles. The van der Waals surface area contributed by atoms with E-state index in [0.717, 1.165) is 18.5 Å². The lowest BCUT2D eigenvalue weighted by molar-refractivity contribution is 0.310. The molecular weight excluding hydrogens is 224 g/mol. The summed E-state index contributed by atoms with van der Waals surface area (Å²) in [6.45, 7) is 6.16. The van der Waals surface area contributed by atoms with E-state index in [1.807, 2.05) is 18.7 Å². The molecule has 0 bridgehead atoms. The third kappa shape index (κ3) is 3.56. The first kappa shape index (κ1) is 12.2. The van der Waals surface area contributed by atoms with Crippen LogP contribution in [0, 0.1) is 5.92 Å². The Labute approximate surface area is 109 Å². The molecule has 2 heterocycles. The van der Waals surface area contributed by atoms with Gasteiger partial charge in [0.2, 0.25) is 0 Å². The minimum atomic E-state index is 0.861. The molecule has 2 aliphatic rings. The second kappa shape index (κ2) is 5.85. The van der Waals surface area contributed by atoms with Gasteiger partial charge < -0.3 is 14.8 Å². The molecule has 18 heavy (non-hydrogen) atoms. The van der Waals surface area contributed by atoms with Crippen LogP contribution in [0.1, 0.15) is 25.7 Å². The number of aryl methyl sites for hydroxylation is 1. The molecule has 0 spiro atoms. The van der Waals surface area contributed by atoms with Crippen molar-refractivity contribution in [1.82, 2.24) is 19.8 Å². The minimum absolute atomic E-state index is 0.861. The zero-order valence-electron chi connectivity index (χ0n) is 11.1. The van der Waals surface area contributed by atoms with Crippen LogP contribution in [0.2, 0.25) is 0 Å². The molecule has 1 atom stereocenters. The monoisotopic (exact) mass is 248 g/mol. The van der Waals surface area contributed by atoms with E-state index in [-0.39, 0.29) is 0 Å². The molecule has 4 nitrogen and oxygen atoms in total. The van der Waals surface area contributed by atoms with E-state index < -0.39 is 0 Å². The molecule has 100 valence electrons. The van der Waals surface area contributed by atoms with Crippen LogP contribution in [-0.4, -0.2) is 46.7 Å². The average molecular weight is 248 g/mol. The summed E-state index contributed by atoms with van der Waals surface area (Å²) in [7, 11) is 0. The Morgan fingerprint density at radius 1 is 1.22 bits per heavy atom. The Hall–Kier alpha value is -0.870. The van der Waals surface area contributed by atoms with Crippen molar-refractivity contribution in [1.29, 1.82) is 0 Å². The van der Waals surface area contributed by atoms with Gasteiger partial charge in [-0.15, -0.1) is 0 Å². The van der Waals surface area contributed by atoms with Gasteiger partial charge in [0.1, 0.15) is 0 Å². The van der Waals surface area contributed by atoms with Crippen molar-refractivity contribution >= 4 is 0 Å². The first-order valence-corrected chi connectivity index (χ1v) is 7.31. The molecule has 0 amide bonds. The maximum Gasteiger partial charge on any atom is 0.0945 e. The number of nitrogens with zero attached hydrogens (tertiary/aromatic N) is 3. The molecule has 1 aliphatic carbocycles. The largest absolute Gasteiger partial charge is 0.337 e. The SMILES string of the molecule is c1cn(CCCN2CCC(CNC3CC3)C2)cn1. The average Bonchev–Trinajstić information content (AvgIpc) is 2.89. The van der Waals surface area contributed by atoms with Crippen LogP contribution in [-0.2, 0) is 6.54 Å². The molecule has 2 fully saturated rings. The van der Waals surface area contributed by atoms with Gasteiger partial charge in [-0.3, -0.25) is 0 Å². The van der Waals surface area contributed by atoms with Crippen LogP contribution < -0.4 is 5.32 Å². The fourth-order valence-corrected chi connectivity index (χ4v) is 2.80. The third-order valence-corrected chi connectivity index (χ3v) is 4.09. The van der Waals surface area contributed by atoms with E-state index >= 15 is 0 Å². The minimum Gasteiger partial charge on any atom is -0.337 e. The van der Waals surface area contributed by atoms with Crippen molar-refractivity contribution in [2.75, 3.05) is 26.2 Å². The highest BCUT2D eigenvalue weighted by Gasteiger charge is 2.25. The van der Waals surface area contributed by atoms with Crippen molar-refractivity contribution < 1.29 is 0 Å². The molecule has 1 aromatic rings. The molecule has 1 saturated carbocycles. The Kier molecular flexibility index (Phi) is 3.96. The first-order valence-electron chi connectivity index (χ1n) is 7.31. The molecule has 1 aromatic heterocycles. The smallest absolute Gasteiger partial charge is 0.0945 e. The van der Waals surface area contributed by atoms with Gasteiger partial charge in [-0.2, -0.15) is 0 Å². The zero-order chi connectivity index (χ0) is 12.2. The van der Waals surface area contributed by atoms with E-state index in [4.69, 9.17) is 0 Å². The summed E-state index contributed by atoms with van der Waals surface area (Å²) in [6.07, 6.45) is 11.2. The van der Waals surface area contributed by atoms with Gasteiger partial charge in [-0.1, -0.05) is 0 Å². The highest BCUT2D eigenvalue weighted by Crippen LogP contribution is 2.21.